The van der Waals surface area contributed by atoms with Gasteiger partial charge in [0, 0.05) is 28.1 Å². The molecule has 38 heavy (non-hydrogen) atoms. The van der Waals surface area contributed by atoms with Crippen LogP contribution in [0.2, 0.25) is 0 Å². The molecule has 0 fully saturated rings. The molecule has 1 rings (SSSR count). The van der Waals surface area contributed by atoms with Gasteiger partial charge in [-0.05, 0) is 6.07 Å². The zero-order valence-electron chi connectivity index (χ0n) is 16.9. The van der Waals surface area contributed by atoms with Gasteiger partial charge in [0.2, 0.25) is 0 Å². The van der Waals surface area contributed by atoms with Crippen LogP contribution in [-0.2, 0) is 16.8 Å². The van der Waals surface area contributed by atoms with E-state index in [1.165, 1.54) is 0 Å². The lowest BCUT2D eigenvalue weighted by Crippen LogP contribution is -2.60. The van der Waals surface area contributed by atoms with Gasteiger partial charge in [-0.25, -0.2) is 0 Å². The molecule has 222 valence electrons. The highest BCUT2D eigenvalue weighted by molar-refractivity contribution is 5.74. The maximum Gasteiger partial charge on any atom is 0.430 e. The highest BCUT2D eigenvalue weighted by Crippen LogP contribution is 2.62. The van der Waals surface area contributed by atoms with Gasteiger partial charge in [-0.2, -0.15) is 79.0 Å². The SMILES string of the molecule is Nc1cc(C(O)(C(F)(F)F)C(F)(F)F)c(C(O)(C(F)(F)F)C(F)(F)F)c(N)c1C(O)(C(F)(F)F)C(F)(F)F. The first kappa shape index (κ1) is 33.5. The Labute approximate surface area is 195 Å². The number of rotatable bonds is 3. The van der Waals surface area contributed by atoms with Gasteiger partial charge in [-0.3, -0.25) is 0 Å². The van der Waals surface area contributed by atoms with Gasteiger partial charge < -0.3 is 26.8 Å². The highest BCUT2D eigenvalue weighted by atomic mass is 19.4. The summed E-state index contributed by atoms with van der Waals surface area (Å²) >= 11 is 0. The molecule has 0 spiro atoms. The first-order valence-electron chi connectivity index (χ1n) is 8.48. The van der Waals surface area contributed by atoms with Crippen LogP contribution in [0.4, 0.5) is 90.4 Å². The van der Waals surface area contributed by atoms with Crippen molar-refractivity contribution in [3.05, 3.63) is 22.8 Å². The predicted octanol–water partition coefficient (Wildman–Crippen LogP) is 4.79. The second-order valence-corrected chi connectivity index (χ2v) is 7.29. The molecule has 0 saturated heterocycles. The first-order chi connectivity index (χ1) is 16.2. The van der Waals surface area contributed by atoms with Crippen LogP contribution < -0.4 is 11.5 Å². The van der Waals surface area contributed by atoms with E-state index < -0.39 is 88.0 Å². The van der Waals surface area contributed by atoms with Gasteiger partial charge in [-0.1, -0.05) is 0 Å². The fourth-order valence-corrected chi connectivity index (χ4v) is 3.16. The molecule has 0 saturated carbocycles. The lowest BCUT2D eigenvalue weighted by Gasteiger charge is -2.42. The van der Waals surface area contributed by atoms with E-state index in [1.807, 2.05) is 0 Å². The molecule has 0 aliphatic heterocycles. The van der Waals surface area contributed by atoms with Crippen molar-refractivity contribution in [3.8, 4) is 0 Å². The molecule has 0 amide bonds. The third-order valence-electron chi connectivity index (χ3n) is 4.97. The molecule has 0 aromatic heterocycles. The zero-order valence-corrected chi connectivity index (χ0v) is 16.9. The van der Waals surface area contributed by atoms with Crippen molar-refractivity contribution in [2.45, 2.75) is 53.9 Å². The van der Waals surface area contributed by atoms with Gasteiger partial charge in [0.1, 0.15) is 0 Å². The summed E-state index contributed by atoms with van der Waals surface area (Å²) in [7, 11) is 0. The molecule has 0 atom stereocenters. The molecule has 0 unspecified atom stereocenters. The van der Waals surface area contributed by atoms with Gasteiger partial charge in [-0.15, -0.1) is 0 Å². The van der Waals surface area contributed by atoms with Gasteiger partial charge >= 0.3 is 37.1 Å². The molecule has 0 radical (unpaired) electrons. The molecule has 5 nitrogen and oxygen atoms in total. The number of anilines is 2. The maximum atomic E-state index is 13.4. The van der Waals surface area contributed by atoms with Crippen LogP contribution in [0.5, 0.6) is 0 Å². The average Bonchev–Trinajstić information content (AvgIpc) is 2.60. The second-order valence-electron chi connectivity index (χ2n) is 7.29. The van der Waals surface area contributed by atoms with Crippen molar-refractivity contribution in [3.63, 3.8) is 0 Å². The Morgan fingerprint density at radius 3 is 0.895 bits per heavy atom. The fourth-order valence-electron chi connectivity index (χ4n) is 3.16. The van der Waals surface area contributed by atoms with Crippen molar-refractivity contribution in [2.75, 3.05) is 11.5 Å². The Bertz CT molecular complexity index is 1020. The lowest BCUT2D eigenvalue weighted by atomic mass is 9.75. The largest absolute Gasteiger partial charge is 0.430 e. The monoisotopic (exact) mass is 606 g/mol. The summed E-state index contributed by atoms with van der Waals surface area (Å²) < 4.78 is 240. The molecule has 1 aromatic rings. The highest BCUT2D eigenvalue weighted by Gasteiger charge is 2.79. The van der Waals surface area contributed by atoms with Crippen molar-refractivity contribution in [2.24, 2.45) is 0 Å². The normalized spacial score (nSPS) is 15.7. The summed E-state index contributed by atoms with van der Waals surface area (Å²) in [5.41, 5.74) is -30.2. The van der Waals surface area contributed by atoms with Crippen molar-refractivity contribution in [1.82, 2.24) is 0 Å². The number of aliphatic hydroxyl groups is 3. The zero-order chi connectivity index (χ0) is 31.1. The van der Waals surface area contributed by atoms with E-state index in [-0.39, 0.29) is 0 Å². The van der Waals surface area contributed by atoms with E-state index in [0.717, 1.165) is 0 Å². The summed E-state index contributed by atoms with van der Waals surface area (Å²) in [6.45, 7) is 0. The van der Waals surface area contributed by atoms with Crippen LogP contribution in [0.25, 0.3) is 0 Å². The molecule has 0 bridgehead atoms. The van der Waals surface area contributed by atoms with Crippen LogP contribution in [0.15, 0.2) is 6.07 Å². The van der Waals surface area contributed by atoms with Crippen LogP contribution in [0.1, 0.15) is 16.7 Å². The van der Waals surface area contributed by atoms with Gasteiger partial charge in [0.15, 0.2) is 0 Å². The summed E-state index contributed by atoms with van der Waals surface area (Å²) in [5.74, 6) is 0. The standard InChI is InChI=1S/C15H8F18N2O3/c16-10(17,18)7(36,11(19,20)21)2-1-3(34)5(9(38,14(28,29)30)15(31,32)33)6(35)4(2)8(37,12(22,23)24)13(25,26)27/h1,36-38H,34-35H2. The number of halogens is 18. The number of benzene rings is 1. The van der Waals surface area contributed by atoms with Gasteiger partial charge in [0.05, 0.1) is 0 Å². The summed E-state index contributed by atoms with van der Waals surface area (Å²) in [6, 6.07) is -1.66. The van der Waals surface area contributed by atoms with E-state index in [9.17, 15) is 94.3 Å². The van der Waals surface area contributed by atoms with Gasteiger partial charge in [0.25, 0.3) is 16.8 Å². The smallest absolute Gasteiger partial charge is 0.398 e. The molecule has 7 N–H and O–H groups in total. The summed E-state index contributed by atoms with van der Waals surface area (Å²) in [4.78, 5) is 0. The van der Waals surface area contributed by atoms with E-state index in [2.05, 4.69) is 11.5 Å². The average molecular weight is 606 g/mol. The minimum Gasteiger partial charge on any atom is -0.398 e. The Morgan fingerprint density at radius 1 is 0.421 bits per heavy atom. The second kappa shape index (κ2) is 8.47. The minimum absolute atomic E-state index is 1.66. The number of nitrogen functional groups attached to an aromatic ring is 2. The van der Waals surface area contributed by atoms with Crippen molar-refractivity contribution in [1.29, 1.82) is 0 Å². The summed E-state index contributed by atoms with van der Waals surface area (Å²) in [5, 5.41) is 28.2. The van der Waals surface area contributed by atoms with Crippen molar-refractivity contribution >= 4 is 11.4 Å². The topological polar surface area (TPSA) is 113 Å². The van der Waals surface area contributed by atoms with E-state index in [0.29, 0.717) is 0 Å². The molecule has 23 heteroatoms. The first-order valence-corrected chi connectivity index (χ1v) is 8.48. The van der Waals surface area contributed by atoms with Crippen LogP contribution >= 0.6 is 0 Å². The Balaban J connectivity index is 4.87. The van der Waals surface area contributed by atoms with E-state index in [1.54, 1.807) is 0 Å². The molecule has 1 aromatic carbocycles. The molecular weight excluding hydrogens is 598 g/mol. The van der Waals surface area contributed by atoms with Crippen LogP contribution in [0.3, 0.4) is 0 Å². The van der Waals surface area contributed by atoms with Crippen LogP contribution in [-0.4, -0.2) is 52.4 Å². The third-order valence-corrected chi connectivity index (χ3v) is 4.97. The van der Waals surface area contributed by atoms with Crippen molar-refractivity contribution < 1.29 is 94.3 Å². The molecule has 0 aliphatic carbocycles. The predicted molar refractivity (Wildman–Crippen MR) is 83.3 cm³/mol. The number of nitrogens with two attached hydrogens (primary N) is 2. The minimum atomic E-state index is -7.62. The number of alkyl halides is 18. The van der Waals surface area contributed by atoms with E-state index >= 15 is 0 Å². The number of hydrogen-bond donors (Lipinski definition) is 5. The Hall–Kier alpha value is -2.56. The molecular formula is C15H8F18N2O3. The van der Waals surface area contributed by atoms with E-state index in [4.69, 9.17) is 0 Å². The fraction of sp³-hybridized carbons (Fsp3) is 0.600. The number of hydrogen-bond acceptors (Lipinski definition) is 5. The quantitative estimate of drug-likeness (QED) is 0.251. The molecule has 0 heterocycles. The molecule has 0 aliphatic rings. The third kappa shape index (κ3) is 4.40. The Morgan fingerprint density at radius 2 is 0.658 bits per heavy atom. The Kier molecular flexibility index (Phi) is 7.46. The summed E-state index contributed by atoms with van der Waals surface area (Å²) in [6.07, 6.45) is -44.7. The lowest BCUT2D eigenvalue weighted by molar-refractivity contribution is -0.388. The maximum absolute atomic E-state index is 13.4. The van der Waals surface area contributed by atoms with Crippen LogP contribution in [0, 0.1) is 0 Å².